The Hall–Kier alpha value is -4.81. The van der Waals surface area contributed by atoms with Crippen molar-refractivity contribution in [3.8, 4) is 0 Å². The van der Waals surface area contributed by atoms with E-state index in [0.29, 0.717) is 28.7 Å². The summed E-state index contributed by atoms with van der Waals surface area (Å²) in [5.74, 6) is 0. The molecule has 0 heterocycles. The standard InChI is InChI=1S/C38H38N6O2S3/c1-43(2)35-21-9-18-32-31(35)17-10-22-36(32)49(45,46)44(25-23-39-37(47)41-33-19-7-13-27-11-3-5-15-29(27)33)26-24-40-38(48)42-34-20-8-14-28-12-4-6-16-30(28)34/h3-22H,23-26H2,1-2H3,(H2,39,41,47)(H2,40,42,48). The van der Waals surface area contributed by atoms with Gasteiger partial charge in [0.25, 0.3) is 0 Å². The van der Waals surface area contributed by atoms with E-state index < -0.39 is 10.0 Å². The fourth-order valence-electron chi connectivity index (χ4n) is 5.96. The number of hydrogen-bond donors (Lipinski definition) is 4. The van der Waals surface area contributed by atoms with E-state index in [1.54, 1.807) is 12.1 Å². The molecule has 0 amide bonds. The van der Waals surface area contributed by atoms with Crippen LogP contribution in [0.3, 0.4) is 0 Å². The van der Waals surface area contributed by atoms with Crippen molar-refractivity contribution < 1.29 is 8.42 Å². The highest BCUT2D eigenvalue weighted by Gasteiger charge is 2.26. The van der Waals surface area contributed by atoms with Gasteiger partial charge in [0.15, 0.2) is 10.2 Å². The predicted octanol–water partition coefficient (Wildman–Crippen LogP) is 7.18. The van der Waals surface area contributed by atoms with Crippen LogP contribution in [0.1, 0.15) is 0 Å². The summed E-state index contributed by atoms with van der Waals surface area (Å²) < 4.78 is 30.3. The molecule has 0 radical (unpaired) electrons. The van der Waals surface area contributed by atoms with Crippen LogP contribution < -0.4 is 26.2 Å². The zero-order valence-electron chi connectivity index (χ0n) is 27.3. The van der Waals surface area contributed by atoms with Gasteiger partial charge < -0.3 is 26.2 Å². The topological polar surface area (TPSA) is 88.7 Å². The van der Waals surface area contributed by atoms with Crippen molar-refractivity contribution in [3.05, 3.63) is 121 Å². The number of nitrogens with one attached hydrogen (secondary N) is 4. The molecule has 0 bridgehead atoms. The van der Waals surface area contributed by atoms with Crippen LogP contribution in [0.2, 0.25) is 0 Å². The van der Waals surface area contributed by atoms with Gasteiger partial charge in [-0.1, -0.05) is 97.1 Å². The largest absolute Gasteiger partial charge is 0.377 e. The Morgan fingerprint density at radius 2 is 1.02 bits per heavy atom. The Kier molecular flexibility index (Phi) is 10.5. The molecule has 0 saturated heterocycles. The lowest BCUT2D eigenvalue weighted by Crippen LogP contribution is -2.43. The van der Waals surface area contributed by atoms with Gasteiger partial charge in [-0.3, -0.25) is 0 Å². The normalized spacial score (nSPS) is 11.5. The number of fused-ring (bicyclic) bond motifs is 3. The molecule has 49 heavy (non-hydrogen) atoms. The first kappa shape index (κ1) is 34.1. The van der Waals surface area contributed by atoms with Crippen molar-refractivity contribution in [2.75, 3.05) is 55.8 Å². The molecule has 6 aromatic carbocycles. The summed E-state index contributed by atoms with van der Waals surface area (Å²) in [6, 6.07) is 39.2. The van der Waals surface area contributed by atoms with Gasteiger partial charge in [0.1, 0.15) is 0 Å². The van der Waals surface area contributed by atoms with E-state index in [4.69, 9.17) is 24.4 Å². The van der Waals surface area contributed by atoms with Crippen LogP contribution in [0.4, 0.5) is 17.1 Å². The van der Waals surface area contributed by atoms with Crippen LogP contribution >= 0.6 is 24.4 Å². The molecule has 0 aliphatic rings. The first-order valence-electron chi connectivity index (χ1n) is 16.0. The summed E-state index contributed by atoms with van der Waals surface area (Å²) >= 11 is 11.2. The SMILES string of the molecule is CN(C)c1cccc2c(S(=O)(=O)N(CCNC(=S)Nc3cccc4ccccc34)CCNC(=S)Nc3cccc4ccccc34)cccc12. The molecule has 0 aliphatic carbocycles. The van der Waals surface area contributed by atoms with Gasteiger partial charge in [-0.15, -0.1) is 0 Å². The molecular weight excluding hydrogens is 669 g/mol. The minimum absolute atomic E-state index is 0.175. The van der Waals surface area contributed by atoms with Gasteiger partial charge in [-0.05, 0) is 59.5 Å². The maximum Gasteiger partial charge on any atom is 0.243 e. The molecule has 6 rings (SSSR count). The highest BCUT2D eigenvalue weighted by Crippen LogP contribution is 2.32. The molecule has 8 nitrogen and oxygen atoms in total. The second kappa shape index (κ2) is 15.2. The van der Waals surface area contributed by atoms with E-state index in [2.05, 4.69) is 21.3 Å². The lowest BCUT2D eigenvalue weighted by atomic mass is 10.1. The van der Waals surface area contributed by atoms with Crippen molar-refractivity contribution in [2.45, 2.75) is 4.90 Å². The van der Waals surface area contributed by atoms with Crippen molar-refractivity contribution in [3.63, 3.8) is 0 Å². The molecular formula is C38H38N6O2S3. The number of anilines is 3. The number of hydrogen-bond acceptors (Lipinski definition) is 5. The minimum atomic E-state index is -3.93. The predicted molar refractivity (Wildman–Crippen MR) is 213 cm³/mol. The molecule has 0 fully saturated rings. The fraction of sp³-hybridized carbons (Fsp3) is 0.158. The van der Waals surface area contributed by atoms with E-state index in [1.165, 1.54) is 4.31 Å². The molecule has 0 aliphatic heterocycles. The summed E-state index contributed by atoms with van der Waals surface area (Å²) in [5.41, 5.74) is 2.70. The van der Waals surface area contributed by atoms with Crippen molar-refractivity contribution in [1.29, 1.82) is 0 Å². The Morgan fingerprint density at radius 3 is 1.57 bits per heavy atom. The molecule has 250 valence electrons. The van der Waals surface area contributed by atoms with Gasteiger partial charge in [-0.25, -0.2) is 8.42 Å². The molecule has 0 spiro atoms. The molecule has 4 N–H and O–H groups in total. The highest BCUT2D eigenvalue weighted by atomic mass is 32.2. The third kappa shape index (κ3) is 7.76. The molecule has 0 unspecified atom stereocenters. The van der Waals surface area contributed by atoms with Gasteiger partial charge in [0.2, 0.25) is 10.0 Å². The molecule has 11 heteroatoms. The Morgan fingerprint density at radius 1 is 0.571 bits per heavy atom. The van der Waals surface area contributed by atoms with Gasteiger partial charge in [-0.2, -0.15) is 4.31 Å². The minimum Gasteiger partial charge on any atom is -0.377 e. The Bertz CT molecular complexity index is 2150. The van der Waals surface area contributed by atoms with E-state index in [-0.39, 0.29) is 18.0 Å². The van der Waals surface area contributed by atoms with E-state index >= 15 is 0 Å². The van der Waals surface area contributed by atoms with Crippen LogP contribution in [0.5, 0.6) is 0 Å². The maximum absolute atomic E-state index is 14.4. The number of sulfonamides is 1. The van der Waals surface area contributed by atoms with Gasteiger partial charge >= 0.3 is 0 Å². The Balaban J connectivity index is 1.19. The summed E-state index contributed by atoms with van der Waals surface area (Å²) in [6.07, 6.45) is 0. The van der Waals surface area contributed by atoms with Gasteiger partial charge in [0.05, 0.1) is 4.90 Å². The third-order valence-corrected chi connectivity index (χ3v) is 10.8. The second-order valence-electron chi connectivity index (χ2n) is 11.7. The van der Waals surface area contributed by atoms with E-state index in [0.717, 1.165) is 44.0 Å². The molecule has 6 aromatic rings. The van der Waals surface area contributed by atoms with Crippen molar-refractivity contribution >= 4 is 94.1 Å². The van der Waals surface area contributed by atoms with Crippen LogP contribution in [-0.4, -0.2) is 63.2 Å². The summed E-state index contributed by atoms with van der Waals surface area (Å²) in [4.78, 5) is 2.24. The Labute approximate surface area is 298 Å². The molecule has 0 atom stereocenters. The van der Waals surface area contributed by atoms with Gasteiger partial charge in [0, 0.05) is 78.9 Å². The number of benzene rings is 6. The molecule has 0 saturated carbocycles. The smallest absolute Gasteiger partial charge is 0.243 e. The number of thiocarbonyl (C=S) groups is 2. The third-order valence-electron chi connectivity index (χ3n) is 8.33. The monoisotopic (exact) mass is 706 g/mol. The zero-order valence-corrected chi connectivity index (χ0v) is 29.8. The lowest BCUT2D eigenvalue weighted by molar-refractivity contribution is 0.417. The van der Waals surface area contributed by atoms with E-state index in [1.807, 2.05) is 128 Å². The zero-order chi connectivity index (χ0) is 34.4. The number of rotatable bonds is 11. The first-order valence-corrected chi connectivity index (χ1v) is 18.2. The van der Waals surface area contributed by atoms with Crippen LogP contribution in [0.15, 0.2) is 126 Å². The maximum atomic E-state index is 14.4. The first-order chi connectivity index (χ1) is 23.7. The molecule has 0 aromatic heterocycles. The van der Waals surface area contributed by atoms with E-state index in [9.17, 15) is 8.42 Å². The highest BCUT2D eigenvalue weighted by molar-refractivity contribution is 7.89. The fourth-order valence-corrected chi connectivity index (χ4v) is 8.03. The lowest BCUT2D eigenvalue weighted by Gasteiger charge is -2.25. The number of nitrogens with zero attached hydrogens (tertiary/aromatic N) is 2. The summed E-state index contributed by atoms with van der Waals surface area (Å²) in [5, 5.41) is 19.6. The summed E-state index contributed by atoms with van der Waals surface area (Å²) in [7, 11) is -0.0372. The van der Waals surface area contributed by atoms with Crippen LogP contribution in [0.25, 0.3) is 32.3 Å². The summed E-state index contributed by atoms with van der Waals surface area (Å²) in [6.45, 7) is 0.938. The van der Waals surface area contributed by atoms with Crippen LogP contribution in [0, 0.1) is 0 Å². The average molecular weight is 707 g/mol. The quantitative estimate of drug-likeness (QED) is 0.105. The van der Waals surface area contributed by atoms with Crippen molar-refractivity contribution in [1.82, 2.24) is 14.9 Å². The van der Waals surface area contributed by atoms with Crippen molar-refractivity contribution in [2.24, 2.45) is 0 Å². The average Bonchev–Trinajstić information content (AvgIpc) is 3.10. The van der Waals surface area contributed by atoms with Crippen LogP contribution in [-0.2, 0) is 10.0 Å². The second-order valence-corrected chi connectivity index (χ2v) is 14.5.